The smallest absolute Gasteiger partial charge is 0.261 e. The van der Waals surface area contributed by atoms with Crippen molar-refractivity contribution in [3.8, 4) is 5.75 Å². The van der Waals surface area contributed by atoms with E-state index in [-0.39, 0.29) is 11.3 Å². The van der Waals surface area contributed by atoms with Crippen molar-refractivity contribution in [3.05, 3.63) is 57.5 Å². The maximum absolute atomic E-state index is 12.2. The Hall–Kier alpha value is -2.89. The van der Waals surface area contributed by atoms with Gasteiger partial charge in [-0.1, -0.05) is 0 Å². The van der Waals surface area contributed by atoms with Crippen LogP contribution in [0.4, 0.5) is 5.69 Å². The molecule has 0 radical (unpaired) electrons. The Morgan fingerprint density at radius 3 is 2.32 bits per heavy atom. The number of carbonyl (C=O) groups is 2. The minimum Gasteiger partial charge on any atom is -0.497 e. The molecular weight excluding hydrogens is 284 g/mol. The van der Waals surface area contributed by atoms with Gasteiger partial charge >= 0.3 is 0 Å². The molecular formula is C16H16N2O4. The van der Waals surface area contributed by atoms with E-state index in [4.69, 9.17) is 4.74 Å². The zero-order valence-corrected chi connectivity index (χ0v) is 12.5. The number of aryl methyl sites for hydroxylation is 1. The number of ether oxygens (including phenoxy) is 1. The van der Waals surface area contributed by atoms with Gasteiger partial charge in [-0.15, -0.1) is 0 Å². The molecule has 0 aliphatic carbocycles. The fourth-order valence-electron chi connectivity index (χ4n) is 2.03. The molecule has 0 fully saturated rings. The van der Waals surface area contributed by atoms with Crippen molar-refractivity contribution < 1.29 is 14.3 Å². The number of rotatable bonds is 4. The summed E-state index contributed by atoms with van der Waals surface area (Å²) in [6.45, 7) is 3.00. The predicted octanol–water partition coefficient (Wildman–Crippen LogP) is 2.15. The summed E-state index contributed by atoms with van der Waals surface area (Å²) in [5.74, 6) is -0.133. The second-order valence-electron chi connectivity index (χ2n) is 4.79. The van der Waals surface area contributed by atoms with E-state index in [9.17, 15) is 14.4 Å². The van der Waals surface area contributed by atoms with Gasteiger partial charge in [0.15, 0.2) is 5.78 Å². The van der Waals surface area contributed by atoms with Crippen LogP contribution in [0.25, 0.3) is 0 Å². The van der Waals surface area contributed by atoms with Crippen molar-refractivity contribution >= 4 is 17.4 Å². The monoisotopic (exact) mass is 300 g/mol. The second-order valence-corrected chi connectivity index (χ2v) is 4.79. The molecule has 1 aromatic heterocycles. The topological polar surface area (TPSA) is 88.3 Å². The first-order chi connectivity index (χ1) is 10.4. The van der Waals surface area contributed by atoms with E-state index in [1.54, 1.807) is 38.3 Å². The normalized spacial score (nSPS) is 10.1. The number of carbonyl (C=O) groups excluding carboxylic acids is 2. The average Bonchev–Trinajstić information content (AvgIpc) is 2.47. The summed E-state index contributed by atoms with van der Waals surface area (Å²) < 4.78 is 5.03. The van der Waals surface area contributed by atoms with Crippen LogP contribution in [0, 0.1) is 6.92 Å². The fraction of sp³-hybridized carbons (Fsp3) is 0.188. The highest BCUT2D eigenvalue weighted by Crippen LogP contribution is 2.16. The maximum atomic E-state index is 12.2. The van der Waals surface area contributed by atoms with Crippen LogP contribution in [0.15, 0.2) is 35.1 Å². The van der Waals surface area contributed by atoms with Gasteiger partial charge < -0.3 is 15.0 Å². The van der Waals surface area contributed by atoms with Crippen LogP contribution < -0.4 is 15.6 Å². The van der Waals surface area contributed by atoms with E-state index in [1.165, 1.54) is 13.0 Å². The molecule has 0 atom stereocenters. The van der Waals surface area contributed by atoms with Gasteiger partial charge in [-0.25, -0.2) is 0 Å². The number of hydrogen-bond donors (Lipinski definition) is 2. The van der Waals surface area contributed by atoms with Gasteiger partial charge in [0.2, 0.25) is 0 Å². The standard InChI is InChI=1S/C16H16N2O4/c1-9-13(10(2)19)8-14(15(20)17-9)16(21)18-11-4-6-12(22-3)7-5-11/h4-8H,1-3H3,(H,17,20)(H,18,21). The van der Waals surface area contributed by atoms with E-state index in [1.807, 2.05) is 0 Å². The number of benzene rings is 1. The maximum Gasteiger partial charge on any atom is 0.261 e. The number of pyridine rings is 1. The number of anilines is 1. The van der Waals surface area contributed by atoms with Crippen LogP contribution in [0.5, 0.6) is 5.75 Å². The number of ketones is 1. The summed E-state index contributed by atoms with van der Waals surface area (Å²) in [4.78, 5) is 38.1. The first-order valence-electron chi connectivity index (χ1n) is 6.62. The SMILES string of the molecule is COc1ccc(NC(=O)c2cc(C(C)=O)c(C)[nH]c2=O)cc1. The Balaban J connectivity index is 2.30. The van der Waals surface area contributed by atoms with Crippen LogP contribution in [-0.4, -0.2) is 23.8 Å². The lowest BCUT2D eigenvalue weighted by Crippen LogP contribution is -2.25. The van der Waals surface area contributed by atoms with Crippen LogP contribution in [0.1, 0.15) is 33.3 Å². The molecule has 0 bridgehead atoms. The van der Waals surface area contributed by atoms with E-state index in [0.29, 0.717) is 22.7 Å². The average molecular weight is 300 g/mol. The Kier molecular flexibility index (Phi) is 4.41. The second kappa shape index (κ2) is 6.26. The van der Waals surface area contributed by atoms with Gasteiger partial charge in [0.25, 0.3) is 11.5 Å². The molecule has 114 valence electrons. The number of nitrogens with one attached hydrogen (secondary N) is 2. The number of methoxy groups -OCH3 is 1. The Morgan fingerprint density at radius 1 is 1.14 bits per heavy atom. The first kappa shape index (κ1) is 15.5. The highest BCUT2D eigenvalue weighted by atomic mass is 16.5. The number of aromatic nitrogens is 1. The minimum absolute atomic E-state index is 0.105. The van der Waals surface area contributed by atoms with Gasteiger partial charge in [0, 0.05) is 16.9 Å². The number of amides is 1. The molecule has 0 saturated carbocycles. The molecule has 2 aromatic rings. The van der Waals surface area contributed by atoms with Crippen molar-refractivity contribution in [3.63, 3.8) is 0 Å². The highest BCUT2D eigenvalue weighted by molar-refractivity contribution is 6.06. The fourth-order valence-corrected chi connectivity index (χ4v) is 2.03. The predicted molar refractivity (Wildman–Crippen MR) is 82.8 cm³/mol. The van der Waals surface area contributed by atoms with E-state index < -0.39 is 11.5 Å². The summed E-state index contributed by atoms with van der Waals surface area (Å²) in [7, 11) is 1.54. The quantitative estimate of drug-likeness (QED) is 0.847. The van der Waals surface area contributed by atoms with Crippen LogP contribution in [-0.2, 0) is 0 Å². The third kappa shape index (κ3) is 3.22. The lowest BCUT2D eigenvalue weighted by atomic mass is 10.1. The van der Waals surface area contributed by atoms with Gasteiger partial charge in [0.05, 0.1) is 7.11 Å². The third-order valence-electron chi connectivity index (χ3n) is 3.21. The van der Waals surface area contributed by atoms with Gasteiger partial charge in [0.1, 0.15) is 11.3 Å². The van der Waals surface area contributed by atoms with Crippen molar-refractivity contribution in [1.82, 2.24) is 4.98 Å². The molecule has 0 unspecified atom stereocenters. The van der Waals surface area contributed by atoms with E-state index >= 15 is 0 Å². The van der Waals surface area contributed by atoms with Gasteiger partial charge in [-0.05, 0) is 44.2 Å². The third-order valence-corrected chi connectivity index (χ3v) is 3.21. The summed E-state index contributed by atoms with van der Waals surface area (Å²) in [6.07, 6.45) is 0. The molecule has 0 aliphatic rings. The molecule has 2 rings (SSSR count). The lowest BCUT2D eigenvalue weighted by molar-refractivity contribution is 0.101. The minimum atomic E-state index is -0.575. The summed E-state index contributed by atoms with van der Waals surface area (Å²) in [5.41, 5.74) is 0.647. The molecule has 6 heteroatoms. The number of aromatic amines is 1. The van der Waals surface area contributed by atoms with Gasteiger partial charge in [-0.2, -0.15) is 0 Å². The molecule has 1 aromatic carbocycles. The number of H-pyrrole nitrogens is 1. The largest absolute Gasteiger partial charge is 0.497 e. The number of Topliss-reactive ketones (excluding diaryl/α,β-unsaturated/α-hetero) is 1. The molecule has 22 heavy (non-hydrogen) atoms. The zero-order chi connectivity index (χ0) is 16.3. The summed E-state index contributed by atoms with van der Waals surface area (Å²) in [5, 5.41) is 2.61. The van der Waals surface area contributed by atoms with Crippen LogP contribution >= 0.6 is 0 Å². The summed E-state index contributed by atoms with van der Waals surface area (Å²) >= 11 is 0. The molecule has 1 amide bonds. The van der Waals surface area contributed by atoms with E-state index in [2.05, 4.69) is 10.3 Å². The number of hydrogen-bond acceptors (Lipinski definition) is 4. The molecule has 6 nitrogen and oxygen atoms in total. The molecule has 0 spiro atoms. The van der Waals surface area contributed by atoms with Crippen molar-refractivity contribution in [2.75, 3.05) is 12.4 Å². The van der Waals surface area contributed by atoms with Crippen LogP contribution in [0.3, 0.4) is 0 Å². The van der Waals surface area contributed by atoms with Crippen molar-refractivity contribution in [2.45, 2.75) is 13.8 Å². The highest BCUT2D eigenvalue weighted by Gasteiger charge is 2.15. The van der Waals surface area contributed by atoms with Gasteiger partial charge in [-0.3, -0.25) is 14.4 Å². The molecule has 0 saturated heterocycles. The Morgan fingerprint density at radius 2 is 1.77 bits per heavy atom. The van der Waals surface area contributed by atoms with Crippen molar-refractivity contribution in [1.29, 1.82) is 0 Å². The zero-order valence-electron chi connectivity index (χ0n) is 12.5. The van der Waals surface area contributed by atoms with E-state index in [0.717, 1.165) is 0 Å². The Bertz CT molecular complexity index is 776. The first-order valence-corrected chi connectivity index (χ1v) is 6.62. The summed E-state index contributed by atoms with van der Waals surface area (Å²) in [6, 6.07) is 8.01. The Labute approximate surface area is 127 Å². The molecule has 2 N–H and O–H groups in total. The molecule has 1 heterocycles. The lowest BCUT2D eigenvalue weighted by Gasteiger charge is -2.08. The van der Waals surface area contributed by atoms with Crippen molar-refractivity contribution in [2.24, 2.45) is 0 Å². The molecule has 0 aliphatic heterocycles. The van der Waals surface area contributed by atoms with Crippen LogP contribution in [0.2, 0.25) is 0 Å².